The number of carbonyl (C=O) groups is 2. The van der Waals surface area contributed by atoms with Gasteiger partial charge in [-0.25, -0.2) is 14.2 Å². The molecule has 0 bridgehead atoms. The Hall–Kier alpha value is -3.47. The van der Waals surface area contributed by atoms with E-state index in [4.69, 9.17) is 14.0 Å². The number of benzene rings is 1. The van der Waals surface area contributed by atoms with Crippen molar-refractivity contribution in [3.05, 3.63) is 46.9 Å². The minimum Gasteiger partial charge on any atom is -0.450 e. The number of hydrogen-bond acceptors (Lipinski definition) is 7. The maximum atomic E-state index is 16.0. The number of aromatic nitrogens is 3. The smallest absolute Gasteiger partial charge is 0.410 e. The van der Waals surface area contributed by atoms with Gasteiger partial charge in [-0.15, -0.1) is 0 Å². The molecule has 1 saturated heterocycles. The molecule has 3 aromatic rings. The highest BCUT2D eigenvalue weighted by Gasteiger charge is 2.34. The van der Waals surface area contributed by atoms with Gasteiger partial charge in [0.15, 0.2) is 5.82 Å². The second-order valence-electron chi connectivity index (χ2n) is 10.3. The SMILES string of the molecule is CCOC(=O)N1CCOCC1c1ccc2[nH]c([C@@H](NC(=O)c3conc3C)[C@H]3CC[C@H](C)CC3)nc2c1F. The minimum absolute atomic E-state index is 0.143. The van der Waals surface area contributed by atoms with Crippen molar-refractivity contribution in [3.63, 3.8) is 0 Å². The number of carbonyl (C=O) groups excluding carboxylic acids is 2. The molecule has 10 nitrogen and oxygen atoms in total. The molecule has 5 rings (SSSR count). The van der Waals surface area contributed by atoms with E-state index in [1.54, 1.807) is 26.0 Å². The van der Waals surface area contributed by atoms with Gasteiger partial charge < -0.3 is 24.3 Å². The number of H-pyrrole nitrogens is 1. The molecule has 1 aliphatic heterocycles. The number of aromatic amines is 1. The molecule has 38 heavy (non-hydrogen) atoms. The van der Waals surface area contributed by atoms with Crippen LogP contribution in [0.3, 0.4) is 0 Å². The van der Waals surface area contributed by atoms with Crippen molar-refractivity contribution in [2.24, 2.45) is 11.8 Å². The Labute approximate surface area is 220 Å². The van der Waals surface area contributed by atoms with Gasteiger partial charge in [0, 0.05) is 12.1 Å². The van der Waals surface area contributed by atoms with Crippen LogP contribution in [0.1, 0.15) is 79.1 Å². The third-order valence-electron chi connectivity index (χ3n) is 7.74. The summed E-state index contributed by atoms with van der Waals surface area (Å²) in [6.45, 7) is 6.74. The zero-order valence-corrected chi connectivity index (χ0v) is 22.0. The number of halogens is 1. The van der Waals surface area contributed by atoms with Gasteiger partial charge in [0.2, 0.25) is 0 Å². The summed E-state index contributed by atoms with van der Waals surface area (Å²) in [5.74, 6) is 0.439. The zero-order valence-electron chi connectivity index (χ0n) is 22.0. The quantitative estimate of drug-likeness (QED) is 0.471. The molecule has 2 aliphatic rings. The molecule has 1 aliphatic carbocycles. The number of rotatable bonds is 6. The van der Waals surface area contributed by atoms with Gasteiger partial charge in [-0.3, -0.25) is 9.69 Å². The average Bonchev–Trinajstić information content (AvgIpc) is 3.55. The van der Waals surface area contributed by atoms with Crippen molar-refractivity contribution in [1.82, 2.24) is 25.3 Å². The summed E-state index contributed by atoms with van der Waals surface area (Å²) in [5, 5.41) is 6.93. The van der Waals surface area contributed by atoms with Gasteiger partial charge in [-0.05, 0) is 44.6 Å². The monoisotopic (exact) mass is 527 g/mol. The van der Waals surface area contributed by atoms with Gasteiger partial charge in [-0.1, -0.05) is 31.0 Å². The molecule has 1 saturated carbocycles. The van der Waals surface area contributed by atoms with Gasteiger partial charge >= 0.3 is 6.09 Å². The van der Waals surface area contributed by atoms with Gasteiger partial charge in [0.05, 0.1) is 43.1 Å². The van der Waals surface area contributed by atoms with Crippen LogP contribution < -0.4 is 5.32 Å². The Balaban J connectivity index is 1.48. The lowest BCUT2D eigenvalue weighted by Crippen LogP contribution is -2.44. The third-order valence-corrected chi connectivity index (χ3v) is 7.74. The number of fused-ring (bicyclic) bond motifs is 1. The molecule has 0 spiro atoms. The van der Waals surface area contributed by atoms with Crippen molar-refractivity contribution >= 4 is 23.0 Å². The third kappa shape index (κ3) is 5.11. The molecule has 1 aromatic carbocycles. The predicted octanol–water partition coefficient (Wildman–Crippen LogP) is 4.83. The van der Waals surface area contributed by atoms with Crippen molar-refractivity contribution < 1.29 is 28.0 Å². The molecule has 2 N–H and O–H groups in total. The molecule has 2 aromatic heterocycles. The van der Waals surface area contributed by atoms with Crippen LogP contribution in [-0.4, -0.2) is 58.4 Å². The van der Waals surface area contributed by atoms with Crippen LogP contribution in [-0.2, 0) is 9.47 Å². The lowest BCUT2D eigenvalue weighted by Gasteiger charge is -2.35. The van der Waals surface area contributed by atoms with Gasteiger partial charge in [-0.2, -0.15) is 0 Å². The van der Waals surface area contributed by atoms with Crippen LogP contribution in [0.4, 0.5) is 9.18 Å². The molecule has 3 heterocycles. The first kappa shape index (κ1) is 26.1. The number of amides is 2. The number of ether oxygens (including phenoxy) is 2. The number of nitrogens with zero attached hydrogens (tertiary/aromatic N) is 3. The first-order valence-corrected chi connectivity index (χ1v) is 13.3. The zero-order chi connectivity index (χ0) is 26.8. The number of hydrogen-bond donors (Lipinski definition) is 2. The second-order valence-corrected chi connectivity index (χ2v) is 10.3. The fourth-order valence-corrected chi connectivity index (χ4v) is 5.53. The van der Waals surface area contributed by atoms with Crippen LogP contribution in [0, 0.1) is 24.6 Å². The highest BCUT2D eigenvalue weighted by molar-refractivity contribution is 5.95. The topological polar surface area (TPSA) is 123 Å². The molecule has 1 unspecified atom stereocenters. The van der Waals surface area contributed by atoms with E-state index in [9.17, 15) is 9.59 Å². The molecule has 2 amide bonds. The molecule has 2 atom stereocenters. The lowest BCUT2D eigenvalue weighted by atomic mass is 9.79. The van der Waals surface area contributed by atoms with Crippen molar-refractivity contribution in [1.29, 1.82) is 0 Å². The van der Waals surface area contributed by atoms with Crippen LogP contribution in [0.15, 0.2) is 22.9 Å². The Kier molecular flexibility index (Phi) is 7.64. The van der Waals surface area contributed by atoms with Crippen molar-refractivity contribution in [2.45, 2.75) is 58.5 Å². The van der Waals surface area contributed by atoms with E-state index in [2.05, 4.69) is 27.4 Å². The highest BCUT2D eigenvalue weighted by Crippen LogP contribution is 2.38. The van der Waals surface area contributed by atoms with Gasteiger partial charge in [0.1, 0.15) is 23.2 Å². The van der Waals surface area contributed by atoms with Crippen LogP contribution in [0.5, 0.6) is 0 Å². The number of morpholine rings is 1. The number of aryl methyl sites for hydroxylation is 1. The summed E-state index contributed by atoms with van der Waals surface area (Å²) in [6, 6.07) is 2.35. The summed E-state index contributed by atoms with van der Waals surface area (Å²) < 4.78 is 31.7. The lowest BCUT2D eigenvalue weighted by molar-refractivity contribution is -0.00982. The van der Waals surface area contributed by atoms with E-state index in [1.807, 2.05) is 0 Å². The average molecular weight is 528 g/mol. The van der Waals surface area contributed by atoms with Crippen molar-refractivity contribution in [3.8, 4) is 0 Å². The number of nitrogens with one attached hydrogen (secondary N) is 2. The molecule has 2 fully saturated rings. The predicted molar refractivity (Wildman–Crippen MR) is 136 cm³/mol. The van der Waals surface area contributed by atoms with Crippen LogP contribution in [0.25, 0.3) is 11.0 Å². The standard InChI is InChI=1S/C27H34FN5O5/c1-4-37-27(35)33-11-12-36-14-21(33)18-9-10-20-24(22(18)28)30-25(29-20)23(17-7-5-15(2)6-8-17)31-26(34)19-13-38-32-16(19)3/h9-10,13,15,17,21,23H,4-8,11-12,14H2,1-3H3,(H,29,30)(H,31,34)/t15-,17-,21?,23-/m0/s1. The first-order chi connectivity index (χ1) is 18.4. The van der Waals surface area contributed by atoms with Crippen LogP contribution >= 0.6 is 0 Å². The summed E-state index contributed by atoms with van der Waals surface area (Å²) in [7, 11) is 0. The van der Waals surface area contributed by atoms with E-state index in [1.165, 1.54) is 11.2 Å². The summed E-state index contributed by atoms with van der Waals surface area (Å²) in [5.41, 5.74) is 1.86. The fraction of sp³-hybridized carbons (Fsp3) is 0.556. The summed E-state index contributed by atoms with van der Waals surface area (Å²) >= 11 is 0. The van der Waals surface area contributed by atoms with Crippen molar-refractivity contribution in [2.75, 3.05) is 26.4 Å². The van der Waals surface area contributed by atoms with E-state index in [0.29, 0.717) is 47.2 Å². The first-order valence-electron chi connectivity index (χ1n) is 13.3. The number of imidazole rings is 1. The molecular weight excluding hydrogens is 493 g/mol. The van der Waals surface area contributed by atoms with E-state index in [-0.39, 0.29) is 30.6 Å². The Morgan fingerprint density at radius 3 is 2.79 bits per heavy atom. The van der Waals surface area contributed by atoms with E-state index >= 15 is 4.39 Å². The largest absolute Gasteiger partial charge is 0.450 e. The highest BCUT2D eigenvalue weighted by atomic mass is 19.1. The molecule has 11 heteroatoms. The summed E-state index contributed by atoms with van der Waals surface area (Å²) in [4.78, 5) is 35.1. The minimum atomic E-state index is -0.626. The second kappa shape index (κ2) is 11.1. The van der Waals surface area contributed by atoms with E-state index in [0.717, 1.165) is 25.7 Å². The van der Waals surface area contributed by atoms with Gasteiger partial charge in [0.25, 0.3) is 5.91 Å². The Bertz CT molecular complexity index is 1300. The molecular formula is C27H34FN5O5. The Morgan fingerprint density at radius 1 is 1.29 bits per heavy atom. The summed E-state index contributed by atoms with van der Waals surface area (Å²) in [6.07, 6.45) is 4.78. The maximum Gasteiger partial charge on any atom is 0.410 e. The molecule has 204 valence electrons. The molecule has 0 radical (unpaired) electrons. The fourth-order valence-electron chi connectivity index (χ4n) is 5.53. The van der Waals surface area contributed by atoms with Crippen LogP contribution in [0.2, 0.25) is 0 Å². The Morgan fingerprint density at radius 2 is 2.08 bits per heavy atom. The maximum absolute atomic E-state index is 16.0. The normalized spacial score (nSPS) is 22.8. The van der Waals surface area contributed by atoms with E-state index < -0.39 is 24.0 Å².